The molecule has 0 spiro atoms. The molecule has 2 atom stereocenters. The zero-order valence-electron chi connectivity index (χ0n) is 12.7. The van der Waals surface area contributed by atoms with Crippen LogP contribution in [-0.4, -0.2) is 29.6 Å². The predicted molar refractivity (Wildman–Crippen MR) is 77.2 cm³/mol. The Bertz CT molecular complexity index is 607. The van der Waals surface area contributed by atoms with E-state index < -0.39 is 23.3 Å². The molecule has 2 rings (SSSR count). The van der Waals surface area contributed by atoms with E-state index in [-0.39, 0.29) is 17.7 Å². The Morgan fingerprint density at radius 3 is 2.78 bits per heavy atom. The molecule has 0 radical (unpaired) electrons. The number of aromatic nitrogens is 1. The Hall–Kier alpha value is -1.83. The van der Waals surface area contributed by atoms with Gasteiger partial charge in [-0.05, 0) is 44.7 Å². The molecule has 0 aliphatic carbocycles. The van der Waals surface area contributed by atoms with Crippen LogP contribution in [0.1, 0.15) is 48.7 Å². The van der Waals surface area contributed by atoms with E-state index in [0.29, 0.717) is 12.5 Å². The quantitative estimate of drug-likeness (QED) is 0.870. The molecule has 1 saturated heterocycles. The first-order chi connectivity index (χ1) is 10.8. The van der Waals surface area contributed by atoms with Crippen LogP contribution in [0.2, 0.25) is 0 Å². The van der Waals surface area contributed by atoms with Gasteiger partial charge in [0, 0.05) is 12.6 Å². The Labute approximate surface area is 131 Å². The van der Waals surface area contributed by atoms with Crippen molar-refractivity contribution >= 4 is 5.91 Å². The smallest absolute Gasteiger partial charge is 0.378 e. The summed E-state index contributed by atoms with van der Waals surface area (Å²) in [6.45, 7) is 2.54. The molecule has 0 bridgehead atoms. The first-order valence-electron chi connectivity index (χ1n) is 7.50. The maximum Gasteiger partial charge on any atom is 0.431 e. The molecule has 1 aromatic rings. The van der Waals surface area contributed by atoms with E-state index in [0.717, 1.165) is 31.9 Å². The molecule has 2 unspecified atom stereocenters. The van der Waals surface area contributed by atoms with E-state index in [1.165, 1.54) is 0 Å². The highest BCUT2D eigenvalue weighted by atomic mass is 19.4. The number of H-pyrrole nitrogens is 1. The third kappa shape index (κ3) is 4.82. The molecule has 1 aromatic heterocycles. The molecule has 2 N–H and O–H groups in total. The summed E-state index contributed by atoms with van der Waals surface area (Å²) in [6.07, 6.45) is -0.947. The number of ether oxygens (including phenoxy) is 1. The van der Waals surface area contributed by atoms with Crippen LogP contribution in [0.15, 0.2) is 16.9 Å². The Morgan fingerprint density at radius 1 is 1.48 bits per heavy atom. The number of aromatic amines is 1. The summed E-state index contributed by atoms with van der Waals surface area (Å²) in [6, 6.07) is 1.38. The van der Waals surface area contributed by atoms with E-state index in [1.54, 1.807) is 11.9 Å². The molecule has 1 aliphatic heterocycles. The van der Waals surface area contributed by atoms with Crippen molar-refractivity contribution in [2.75, 3.05) is 6.61 Å². The summed E-state index contributed by atoms with van der Waals surface area (Å²) in [5, 5.41) is 2.62. The van der Waals surface area contributed by atoms with Crippen molar-refractivity contribution < 1.29 is 22.7 Å². The SMILES string of the molecule is CC(CCC1CCCO1)NC(=O)c1ccc(C(F)(F)F)[nH]c1=O. The number of rotatable bonds is 5. The van der Waals surface area contributed by atoms with E-state index in [9.17, 15) is 22.8 Å². The molecular weight excluding hydrogens is 313 g/mol. The lowest BCUT2D eigenvalue weighted by molar-refractivity contribution is -0.141. The van der Waals surface area contributed by atoms with Crippen molar-refractivity contribution in [2.24, 2.45) is 0 Å². The fraction of sp³-hybridized carbons (Fsp3) is 0.600. The van der Waals surface area contributed by atoms with Crippen molar-refractivity contribution in [1.82, 2.24) is 10.3 Å². The van der Waals surface area contributed by atoms with Gasteiger partial charge in [0.25, 0.3) is 11.5 Å². The van der Waals surface area contributed by atoms with Crippen molar-refractivity contribution in [2.45, 2.75) is 50.9 Å². The number of hydrogen-bond acceptors (Lipinski definition) is 3. The molecule has 1 fully saturated rings. The fourth-order valence-electron chi connectivity index (χ4n) is 2.50. The summed E-state index contributed by atoms with van der Waals surface area (Å²) < 4.78 is 42.9. The first kappa shape index (κ1) is 17.5. The molecular formula is C15H19F3N2O3. The van der Waals surface area contributed by atoms with Gasteiger partial charge in [0.15, 0.2) is 0 Å². The highest BCUT2D eigenvalue weighted by molar-refractivity contribution is 5.93. The molecule has 2 heterocycles. The summed E-state index contributed by atoms with van der Waals surface area (Å²) in [7, 11) is 0. The van der Waals surface area contributed by atoms with Gasteiger partial charge >= 0.3 is 6.18 Å². The fourth-order valence-corrected chi connectivity index (χ4v) is 2.50. The molecule has 0 aromatic carbocycles. The number of carbonyl (C=O) groups is 1. The van der Waals surface area contributed by atoms with E-state index in [2.05, 4.69) is 5.32 Å². The minimum atomic E-state index is -4.65. The van der Waals surface area contributed by atoms with Crippen LogP contribution in [0.5, 0.6) is 0 Å². The number of halogens is 3. The van der Waals surface area contributed by atoms with Gasteiger partial charge in [0.2, 0.25) is 0 Å². The van der Waals surface area contributed by atoms with Gasteiger partial charge in [-0.2, -0.15) is 13.2 Å². The number of nitrogens with one attached hydrogen (secondary N) is 2. The molecule has 1 amide bonds. The van der Waals surface area contributed by atoms with Crippen LogP contribution in [0, 0.1) is 0 Å². The normalized spacial score (nSPS) is 19.6. The average Bonchev–Trinajstić information content (AvgIpc) is 2.97. The lowest BCUT2D eigenvalue weighted by atomic mass is 10.1. The molecule has 1 aliphatic rings. The number of carbonyl (C=O) groups excluding carboxylic acids is 1. The molecule has 0 saturated carbocycles. The molecule has 128 valence electrons. The van der Waals surface area contributed by atoms with Crippen LogP contribution in [-0.2, 0) is 10.9 Å². The van der Waals surface area contributed by atoms with Gasteiger partial charge in [-0.1, -0.05) is 0 Å². The summed E-state index contributed by atoms with van der Waals surface area (Å²) in [5.74, 6) is -0.681. The van der Waals surface area contributed by atoms with Gasteiger partial charge in [0.1, 0.15) is 11.3 Å². The zero-order valence-corrected chi connectivity index (χ0v) is 12.7. The Balaban J connectivity index is 1.93. The van der Waals surface area contributed by atoms with Crippen molar-refractivity contribution in [1.29, 1.82) is 0 Å². The van der Waals surface area contributed by atoms with E-state index in [4.69, 9.17) is 4.74 Å². The highest BCUT2D eigenvalue weighted by Crippen LogP contribution is 2.26. The van der Waals surface area contributed by atoms with Crippen molar-refractivity contribution in [3.8, 4) is 0 Å². The van der Waals surface area contributed by atoms with E-state index in [1.807, 2.05) is 0 Å². The number of pyridine rings is 1. The first-order valence-corrected chi connectivity index (χ1v) is 7.50. The molecule has 23 heavy (non-hydrogen) atoms. The van der Waals surface area contributed by atoms with Crippen LogP contribution >= 0.6 is 0 Å². The predicted octanol–water partition coefficient (Wildman–Crippen LogP) is 2.47. The summed E-state index contributed by atoms with van der Waals surface area (Å²) in [4.78, 5) is 25.3. The molecule has 5 nitrogen and oxygen atoms in total. The maximum absolute atomic E-state index is 12.5. The number of hydrogen-bond donors (Lipinski definition) is 2. The second-order valence-electron chi connectivity index (χ2n) is 5.70. The van der Waals surface area contributed by atoms with Gasteiger partial charge in [-0.25, -0.2) is 0 Å². The minimum absolute atomic E-state index is 0.198. The van der Waals surface area contributed by atoms with Crippen LogP contribution in [0.4, 0.5) is 13.2 Å². The monoisotopic (exact) mass is 332 g/mol. The number of alkyl halides is 3. The maximum atomic E-state index is 12.5. The largest absolute Gasteiger partial charge is 0.431 e. The van der Waals surface area contributed by atoms with Crippen LogP contribution in [0.3, 0.4) is 0 Å². The van der Waals surface area contributed by atoms with Gasteiger partial charge in [0.05, 0.1) is 6.10 Å². The van der Waals surface area contributed by atoms with Crippen LogP contribution in [0.25, 0.3) is 0 Å². The third-order valence-corrected chi connectivity index (χ3v) is 3.78. The standard InChI is InChI=1S/C15H19F3N2O3/c1-9(4-5-10-3-2-8-23-10)19-13(21)11-6-7-12(15(16,17)18)20-14(11)22/h6-7,9-10H,2-5,8H2,1H3,(H,19,21)(H,20,22). The third-order valence-electron chi connectivity index (χ3n) is 3.78. The van der Waals surface area contributed by atoms with Gasteiger partial charge in [-0.15, -0.1) is 0 Å². The van der Waals surface area contributed by atoms with Crippen molar-refractivity contribution in [3.63, 3.8) is 0 Å². The average molecular weight is 332 g/mol. The van der Waals surface area contributed by atoms with Gasteiger partial charge < -0.3 is 15.0 Å². The second-order valence-corrected chi connectivity index (χ2v) is 5.70. The summed E-state index contributed by atoms with van der Waals surface area (Å²) in [5.41, 5.74) is -2.56. The zero-order chi connectivity index (χ0) is 17.0. The Morgan fingerprint density at radius 2 is 2.22 bits per heavy atom. The number of amides is 1. The summed E-state index contributed by atoms with van der Waals surface area (Å²) >= 11 is 0. The van der Waals surface area contributed by atoms with Crippen LogP contribution < -0.4 is 10.9 Å². The topological polar surface area (TPSA) is 71.2 Å². The lowest BCUT2D eigenvalue weighted by Crippen LogP contribution is -2.36. The second kappa shape index (κ2) is 7.16. The minimum Gasteiger partial charge on any atom is -0.378 e. The Kier molecular flexibility index (Phi) is 5.46. The van der Waals surface area contributed by atoms with E-state index >= 15 is 0 Å². The van der Waals surface area contributed by atoms with Crippen molar-refractivity contribution in [3.05, 3.63) is 33.7 Å². The molecule has 8 heteroatoms. The lowest BCUT2D eigenvalue weighted by Gasteiger charge is -2.16. The highest BCUT2D eigenvalue weighted by Gasteiger charge is 2.32. The van der Waals surface area contributed by atoms with Gasteiger partial charge in [-0.3, -0.25) is 9.59 Å².